The first kappa shape index (κ1) is 17.4. The van der Waals surface area contributed by atoms with Gasteiger partial charge in [-0.25, -0.2) is 14.6 Å². The molecule has 1 aliphatic carbocycles. The minimum Gasteiger partial charge on any atom is -0.376 e. The molecule has 142 valence electrons. The average molecular weight is 370 g/mol. The van der Waals surface area contributed by atoms with Gasteiger partial charge in [0.15, 0.2) is 17.0 Å². The molecule has 3 heterocycles. The molecule has 0 spiro atoms. The second-order valence-corrected chi connectivity index (χ2v) is 6.95. The van der Waals surface area contributed by atoms with Crippen LogP contribution in [0.3, 0.4) is 0 Å². The van der Waals surface area contributed by atoms with Gasteiger partial charge in [0.05, 0.1) is 12.6 Å². The quantitative estimate of drug-likeness (QED) is 0.891. The van der Waals surface area contributed by atoms with E-state index < -0.39 is 12.0 Å². The van der Waals surface area contributed by atoms with Gasteiger partial charge in [-0.15, -0.1) is 5.10 Å². The van der Waals surface area contributed by atoms with Gasteiger partial charge in [-0.3, -0.25) is 0 Å². The van der Waals surface area contributed by atoms with Crippen molar-refractivity contribution >= 4 is 17.0 Å². The SMILES string of the molecule is FC(F)(F)c1nc(NC2CCCCC2)c2nnn(C[C@H]3CCCO3)c2n1. The molecule has 26 heavy (non-hydrogen) atoms. The third-order valence-corrected chi connectivity index (χ3v) is 4.96. The minimum absolute atomic E-state index is 0.0704. The van der Waals surface area contributed by atoms with Crippen LogP contribution in [0, 0.1) is 0 Å². The Bertz CT molecular complexity index is 765. The Morgan fingerprint density at radius 1 is 1.08 bits per heavy atom. The molecule has 2 aliphatic rings. The highest BCUT2D eigenvalue weighted by atomic mass is 19.4. The Morgan fingerprint density at radius 3 is 2.58 bits per heavy atom. The summed E-state index contributed by atoms with van der Waals surface area (Å²) in [7, 11) is 0. The molecule has 1 saturated carbocycles. The molecule has 1 saturated heterocycles. The number of hydrogen-bond acceptors (Lipinski definition) is 6. The second kappa shape index (κ2) is 6.98. The van der Waals surface area contributed by atoms with Crippen molar-refractivity contribution in [3.8, 4) is 0 Å². The Kier molecular flexibility index (Phi) is 4.68. The van der Waals surface area contributed by atoms with Gasteiger partial charge < -0.3 is 10.1 Å². The van der Waals surface area contributed by atoms with Crippen molar-refractivity contribution in [3.63, 3.8) is 0 Å². The van der Waals surface area contributed by atoms with Gasteiger partial charge in [-0.2, -0.15) is 13.2 Å². The number of rotatable bonds is 4. The average Bonchev–Trinajstić information content (AvgIpc) is 3.26. The van der Waals surface area contributed by atoms with E-state index in [2.05, 4.69) is 25.6 Å². The molecule has 2 fully saturated rings. The number of halogens is 3. The number of alkyl halides is 3. The molecule has 0 bridgehead atoms. The molecule has 0 radical (unpaired) electrons. The summed E-state index contributed by atoms with van der Waals surface area (Å²) in [5, 5.41) is 11.2. The van der Waals surface area contributed by atoms with Crippen molar-refractivity contribution in [1.82, 2.24) is 25.0 Å². The first-order valence-corrected chi connectivity index (χ1v) is 9.07. The van der Waals surface area contributed by atoms with E-state index in [1.165, 1.54) is 4.68 Å². The number of aromatic nitrogens is 5. The molecule has 0 amide bonds. The molecule has 0 unspecified atom stereocenters. The first-order valence-electron chi connectivity index (χ1n) is 9.07. The van der Waals surface area contributed by atoms with E-state index >= 15 is 0 Å². The van der Waals surface area contributed by atoms with E-state index in [1.807, 2.05) is 0 Å². The predicted octanol–water partition coefficient (Wildman–Crippen LogP) is 3.16. The highest BCUT2D eigenvalue weighted by Crippen LogP contribution is 2.31. The van der Waals surface area contributed by atoms with Crippen LogP contribution < -0.4 is 5.32 Å². The predicted molar refractivity (Wildman–Crippen MR) is 87.6 cm³/mol. The van der Waals surface area contributed by atoms with Crippen molar-refractivity contribution in [1.29, 1.82) is 0 Å². The maximum Gasteiger partial charge on any atom is 0.451 e. The van der Waals surface area contributed by atoms with Gasteiger partial charge in [0.2, 0.25) is 5.82 Å². The summed E-state index contributed by atoms with van der Waals surface area (Å²) in [4.78, 5) is 7.43. The van der Waals surface area contributed by atoms with Gasteiger partial charge in [0.1, 0.15) is 0 Å². The molecule has 10 heteroatoms. The van der Waals surface area contributed by atoms with Crippen LogP contribution >= 0.6 is 0 Å². The lowest BCUT2D eigenvalue weighted by atomic mass is 9.95. The van der Waals surface area contributed by atoms with Crippen molar-refractivity contribution in [2.45, 2.75) is 69.8 Å². The second-order valence-electron chi connectivity index (χ2n) is 6.95. The highest BCUT2D eigenvalue weighted by molar-refractivity contribution is 5.82. The number of nitrogens with zero attached hydrogens (tertiary/aromatic N) is 5. The summed E-state index contributed by atoms with van der Waals surface area (Å²) in [5.41, 5.74) is 0.378. The Balaban J connectivity index is 1.70. The van der Waals surface area contributed by atoms with E-state index in [-0.39, 0.29) is 29.1 Å². The molecule has 7 nitrogen and oxygen atoms in total. The van der Waals surface area contributed by atoms with Crippen LogP contribution in [0.4, 0.5) is 19.0 Å². The van der Waals surface area contributed by atoms with Crippen molar-refractivity contribution in [3.05, 3.63) is 5.82 Å². The molecule has 1 atom stereocenters. The smallest absolute Gasteiger partial charge is 0.376 e. The first-order chi connectivity index (χ1) is 12.5. The number of fused-ring (bicyclic) bond motifs is 1. The van der Waals surface area contributed by atoms with Gasteiger partial charge >= 0.3 is 6.18 Å². The summed E-state index contributed by atoms with van der Waals surface area (Å²) in [5.74, 6) is -1.05. The summed E-state index contributed by atoms with van der Waals surface area (Å²) in [6, 6.07) is 0.103. The van der Waals surface area contributed by atoms with Gasteiger partial charge in [0.25, 0.3) is 0 Å². The number of hydrogen-bond donors (Lipinski definition) is 1. The third-order valence-electron chi connectivity index (χ3n) is 4.96. The zero-order chi connectivity index (χ0) is 18.1. The monoisotopic (exact) mass is 370 g/mol. The van der Waals surface area contributed by atoms with Gasteiger partial charge in [-0.05, 0) is 25.7 Å². The van der Waals surface area contributed by atoms with Gasteiger partial charge in [-0.1, -0.05) is 24.5 Å². The lowest BCUT2D eigenvalue weighted by Crippen LogP contribution is -2.24. The van der Waals surface area contributed by atoms with Crippen molar-refractivity contribution < 1.29 is 17.9 Å². The molecule has 4 rings (SSSR count). The Hall–Kier alpha value is -1.97. The van der Waals surface area contributed by atoms with Crippen LogP contribution in [-0.2, 0) is 17.5 Å². The fourth-order valence-electron chi connectivity index (χ4n) is 3.63. The maximum absolute atomic E-state index is 13.3. The largest absolute Gasteiger partial charge is 0.451 e. The third kappa shape index (κ3) is 3.60. The Morgan fingerprint density at radius 2 is 1.88 bits per heavy atom. The molecule has 1 N–H and O–H groups in total. The molecule has 0 aromatic carbocycles. The lowest BCUT2D eigenvalue weighted by molar-refractivity contribution is -0.144. The fourth-order valence-corrected chi connectivity index (χ4v) is 3.63. The fraction of sp³-hybridized carbons (Fsp3) is 0.750. The number of nitrogens with one attached hydrogen (secondary N) is 1. The summed E-state index contributed by atoms with van der Waals surface area (Å²) in [6.07, 6.45) is 2.19. The van der Waals surface area contributed by atoms with Crippen molar-refractivity contribution in [2.75, 3.05) is 11.9 Å². The zero-order valence-corrected chi connectivity index (χ0v) is 14.3. The molecule has 2 aromatic heterocycles. The zero-order valence-electron chi connectivity index (χ0n) is 14.3. The molecule has 1 aliphatic heterocycles. The van der Waals surface area contributed by atoms with Crippen LogP contribution in [0.25, 0.3) is 11.2 Å². The molecule has 2 aromatic rings. The normalized spacial score (nSPS) is 22.2. The summed E-state index contributed by atoms with van der Waals surface area (Å²) >= 11 is 0. The van der Waals surface area contributed by atoms with Crippen LogP contribution in [0.2, 0.25) is 0 Å². The molecular weight excluding hydrogens is 349 g/mol. The van der Waals surface area contributed by atoms with E-state index in [4.69, 9.17) is 4.74 Å². The van der Waals surface area contributed by atoms with E-state index in [1.54, 1.807) is 0 Å². The number of anilines is 1. The summed E-state index contributed by atoms with van der Waals surface area (Å²) < 4.78 is 46.8. The van der Waals surface area contributed by atoms with Crippen LogP contribution in [-0.4, -0.2) is 43.7 Å². The summed E-state index contributed by atoms with van der Waals surface area (Å²) in [6.45, 7) is 1.00. The minimum atomic E-state index is -4.63. The van der Waals surface area contributed by atoms with Gasteiger partial charge in [0, 0.05) is 12.6 Å². The van der Waals surface area contributed by atoms with Crippen molar-refractivity contribution in [2.24, 2.45) is 0 Å². The van der Waals surface area contributed by atoms with E-state index in [9.17, 15) is 13.2 Å². The van der Waals surface area contributed by atoms with Crippen LogP contribution in [0.15, 0.2) is 0 Å². The Labute approximate surface area is 148 Å². The van der Waals surface area contributed by atoms with E-state index in [0.717, 1.165) is 44.9 Å². The number of ether oxygens (including phenoxy) is 1. The topological polar surface area (TPSA) is 77.8 Å². The standard InChI is InChI=1S/C16H21F3N6O/c17-16(18,19)15-21-13(20-10-5-2-1-3-6-10)12-14(22-15)25(24-23-12)9-11-7-4-8-26-11/h10-11H,1-9H2,(H,20,21,22)/t11-/m1/s1. The van der Waals surface area contributed by atoms with E-state index in [0.29, 0.717) is 13.2 Å². The molecular formula is C16H21F3N6O. The highest BCUT2D eigenvalue weighted by Gasteiger charge is 2.37. The maximum atomic E-state index is 13.3. The van der Waals surface area contributed by atoms with Crippen LogP contribution in [0.5, 0.6) is 0 Å². The van der Waals surface area contributed by atoms with Crippen LogP contribution in [0.1, 0.15) is 50.8 Å². The lowest BCUT2D eigenvalue weighted by Gasteiger charge is -2.23.